The van der Waals surface area contributed by atoms with Crippen molar-refractivity contribution in [3.8, 4) is 0 Å². The summed E-state index contributed by atoms with van der Waals surface area (Å²) in [5.41, 5.74) is 1.27. The van der Waals surface area contributed by atoms with Gasteiger partial charge in [-0.1, -0.05) is 0 Å². The molecule has 0 aromatic carbocycles. The van der Waals surface area contributed by atoms with Crippen LogP contribution in [0.1, 0.15) is 35.1 Å². The fraction of sp³-hybridized carbons (Fsp3) is 0.619. The number of carbonyl (C=O) groups excluding carboxylic acids is 2. The molecule has 2 saturated heterocycles. The van der Waals surface area contributed by atoms with E-state index in [0.29, 0.717) is 30.8 Å². The number of likely N-dealkylation sites (tertiary alicyclic amines) is 1. The lowest BCUT2D eigenvalue weighted by atomic mass is 10.1. The Labute approximate surface area is 182 Å². The smallest absolute Gasteiger partial charge is 0.319 e. The summed E-state index contributed by atoms with van der Waals surface area (Å²) in [6.07, 6.45) is 4.29. The second-order valence-corrected chi connectivity index (χ2v) is 8.63. The molecule has 0 spiro atoms. The highest BCUT2D eigenvalue weighted by Crippen LogP contribution is 2.24. The third-order valence-electron chi connectivity index (χ3n) is 6.20. The first-order chi connectivity index (χ1) is 14.9. The van der Waals surface area contributed by atoms with Gasteiger partial charge in [0.25, 0.3) is 5.91 Å². The van der Waals surface area contributed by atoms with Gasteiger partial charge in [-0.25, -0.2) is 4.79 Å². The van der Waals surface area contributed by atoms with Crippen molar-refractivity contribution in [2.24, 2.45) is 0 Å². The lowest BCUT2D eigenvalue weighted by Gasteiger charge is -2.39. The molecule has 3 amide bonds. The average molecular weight is 429 g/mol. The van der Waals surface area contributed by atoms with E-state index < -0.39 is 0 Å². The number of rotatable bonds is 5. The van der Waals surface area contributed by atoms with Crippen molar-refractivity contribution in [3.05, 3.63) is 29.7 Å². The van der Waals surface area contributed by atoms with Crippen LogP contribution in [-0.4, -0.2) is 113 Å². The molecule has 2 fully saturated rings. The minimum Gasteiger partial charge on any atom is -0.351 e. The Kier molecular flexibility index (Phi) is 6.38. The number of hydrogen-bond donors (Lipinski definition) is 1. The van der Waals surface area contributed by atoms with Gasteiger partial charge >= 0.3 is 6.03 Å². The largest absolute Gasteiger partial charge is 0.351 e. The number of hydrogen-bond acceptors (Lipinski definition) is 6. The van der Waals surface area contributed by atoms with Gasteiger partial charge in [-0.15, -0.1) is 10.2 Å². The van der Waals surface area contributed by atoms with Crippen LogP contribution < -0.4 is 5.32 Å². The molecule has 0 bridgehead atoms. The van der Waals surface area contributed by atoms with Crippen LogP contribution in [-0.2, 0) is 0 Å². The van der Waals surface area contributed by atoms with E-state index >= 15 is 0 Å². The van der Waals surface area contributed by atoms with Gasteiger partial charge < -0.3 is 20.0 Å². The number of likely N-dealkylation sites (N-methyl/N-ethyl adjacent to an activating group) is 1. The molecule has 1 N–H and O–H groups in total. The second-order valence-electron chi connectivity index (χ2n) is 8.63. The second kappa shape index (κ2) is 9.19. The standard InChI is InChI=1S/C21H32N8O2/c1-25(2)21(31)28-13-12-26(3)17(15-28)19-24-23-18-7-6-16(14-29(18)19)20(30)22-8-11-27-9-4-5-10-27/h6-7,14,17H,4-5,8-13,15H2,1-3H3,(H,22,30). The summed E-state index contributed by atoms with van der Waals surface area (Å²) in [5, 5.41) is 11.7. The molecule has 2 aliphatic heterocycles. The molecule has 4 heterocycles. The molecule has 2 aromatic heterocycles. The average Bonchev–Trinajstić information content (AvgIpc) is 3.43. The summed E-state index contributed by atoms with van der Waals surface area (Å²) in [4.78, 5) is 33.1. The summed E-state index contributed by atoms with van der Waals surface area (Å²) < 4.78 is 1.88. The number of carbonyl (C=O) groups is 2. The molecular weight excluding hydrogens is 396 g/mol. The summed E-state index contributed by atoms with van der Waals surface area (Å²) in [6, 6.07) is 3.49. The first-order valence-electron chi connectivity index (χ1n) is 11.0. The van der Waals surface area contributed by atoms with Crippen molar-refractivity contribution in [1.82, 2.24) is 39.5 Å². The predicted molar refractivity (Wildman–Crippen MR) is 117 cm³/mol. The maximum atomic E-state index is 12.7. The highest BCUT2D eigenvalue weighted by Gasteiger charge is 2.32. The Morgan fingerprint density at radius 3 is 2.65 bits per heavy atom. The zero-order valence-corrected chi connectivity index (χ0v) is 18.6. The maximum Gasteiger partial charge on any atom is 0.319 e. The molecular formula is C21H32N8O2. The van der Waals surface area contributed by atoms with Crippen LogP contribution in [0.5, 0.6) is 0 Å². The van der Waals surface area contributed by atoms with E-state index in [1.54, 1.807) is 31.3 Å². The minimum absolute atomic E-state index is 0.00927. The Morgan fingerprint density at radius 2 is 1.90 bits per heavy atom. The number of aromatic nitrogens is 3. The van der Waals surface area contributed by atoms with E-state index in [2.05, 4.69) is 25.3 Å². The number of pyridine rings is 1. The van der Waals surface area contributed by atoms with Crippen molar-refractivity contribution in [3.63, 3.8) is 0 Å². The van der Waals surface area contributed by atoms with Crippen LogP contribution >= 0.6 is 0 Å². The minimum atomic E-state index is -0.0962. The van der Waals surface area contributed by atoms with Gasteiger partial charge in [0, 0.05) is 53.0 Å². The Balaban J connectivity index is 1.49. The number of fused-ring (bicyclic) bond motifs is 1. The molecule has 0 radical (unpaired) electrons. The molecule has 10 nitrogen and oxygen atoms in total. The molecule has 31 heavy (non-hydrogen) atoms. The SMILES string of the molecule is CN(C)C(=O)N1CCN(C)C(c2nnc3ccc(C(=O)NCCN4CCCC4)cn23)C1. The number of amides is 3. The van der Waals surface area contributed by atoms with E-state index in [0.717, 1.165) is 32.0 Å². The van der Waals surface area contributed by atoms with Crippen molar-refractivity contribution >= 4 is 17.6 Å². The summed E-state index contributed by atoms with van der Waals surface area (Å²) in [6.45, 7) is 5.71. The summed E-state index contributed by atoms with van der Waals surface area (Å²) >= 11 is 0. The van der Waals surface area contributed by atoms with Crippen LogP contribution in [0.2, 0.25) is 0 Å². The number of nitrogens with one attached hydrogen (secondary N) is 1. The Morgan fingerprint density at radius 1 is 1.13 bits per heavy atom. The van der Waals surface area contributed by atoms with E-state index in [1.807, 2.05) is 22.4 Å². The normalized spacial score (nSPS) is 20.4. The first kappa shape index (κ1) is 21.5. The highest BCUT2D eigenvalue weighted by atomic mass is 16.2. The van der Waals surface area contributed by atoms with Crippen LogP contribution in [0.3, 0.4) is 0 Å². The third kappa shape index (κ3) is 4.64. The molecule has 0 aliphatic carbocycles. The Bertz CT molecular complexity index is 937. The van der Waals surface area contributed by atoms with E-state index in [-0.39, 0.29) is 18.0 Å². The van der Waals surface area contributed by atoms with Crippen LogP contribution in [0.15, 0.2) is 18.3 Å². The molecule has 1 atom stereocenters. The van der Waals surface area contributed by atoms with E-state index in [9.17, 15) is 9.59 Å². The highest BCUT2D eigenvalue weighted by molar-refractivity contribution is 5.94. The molecule has 2 aliphatic rings. The molecule has 0 saturated carbocycles. The maximum absolute atomic E-state index is 12.7. The predicted octanol–water partition coefficient (Wildman–Crippen LogP) is 0.525. The third-order valence-corrected chi connectivity index (χ3v) is 6.20. The fourth-order valence-corrected chi connectivity index (χ4v) is 4.31. The zero-order valence-electron chi connectivity index (χ0n) is 18.6. The fourth-order valence-electron chi connectivity index (χ4n) is 4.31. The molecule has 1 unspecified atom stereocenters. The molecule has 10 heteroatoms. The quantitative estimate of drug-likeness (QED) is 0.747. The lowest BCUT2D eigenvalue weighted by Crippen LogP contribution is -2.52. The van der Waals surface area contributed by atoms with Crippen molar-refractivity contribution < 1.29 is 9.59 Å². The first-order valence-corrected chi connectivity index (χ1v) is 11.0. The van der Waals surface area contributed by atoms with Gasteiger partial charge in [0.05, 0.1) is 11.6 Å². The zero-order chi connectivity index (χ0) is 22.0. The van der Waals surface area contributed by atoms with Crippen molar-refractivity contribution in [1.29, 1.82) is 0 Å². The number of urea groups is 1. The van der Waals surface area contributed by atoms with Crippen molar-refractivity contribution in [2.75, 3.05) is 67.0 Å². The van der Waals surface area contributed by atoms with Gasteiger partial charge in [-0.2, -0.15) is 0 Å². The Hall–Kier alpha value is -2.72. The molecule has 4 rings (SSSR count). The van der Waals surface area contributed by atoms with Crippen LogP contribution in [0.25, 0.3) is 5.65 Å². The van der Waals surface area contributed by atoms with Gasteiger partial charge in [0.15, 0.2) is 11.5 Å². The van der Waals surface area contributed by atoms with Gasteiger partial charge in [0.1, 0.15) is 0 Å². The number of nitrogens with zero attached hydrogens (tertiary/aromatic N) is 7. The molecule has 168 valence electrons. The van der Waals surface area contributed by atoms with E-state index in [4.69, 9.17) is 0 Å². The van der Waals surface area contributed by atoms with Crippen molar-refractivity contribution in [2.45, 2.75) is 18.9 Å². The van der Waals surface area contributed by atoms with Crippen LogP contribution in [0, 0.1) is 0 Å². The van der Waals surface area contributed by atoms with Gasteiger partial charge in [-0.05, 0) is 45.1 Å². The lowest BCUT2D eigenvalue weighted by molar-refractivity contribution is 0.0932. The van der Waals surface area contributed by atoms with Gasteiger partial charge in [-0.3, -0.25) is 14.1 Å². The topological polar surface area (TPSA) is 89.3 Å². The van der Waals surface area contributed by atoms with Crippen LogP contribution in [0.4, 0.5) is 4.79 Å². The summed E-state index contributed by atoms with van der Waals surface area (Å²) in [7, 11) is 5.55. The van der Waals surface area contributed by atoms with Gasteiger partial charge in [0.2, 0.25) is 0 Å². The monoisotopic (exact) mass is 428 g/mol. The summed E-state index contributed by atoms with van der Waals surface area (Å²) in [5.74, 6) is 0.641. The van der Waals surface area contributed by atoms with E-state index in [1.165, 1.54) is 12.8 Å². The number of piperazine rings is 1. The molecule has 2 aromatic rings.